The van der Waals surface area contributed by atoms with Crippen LogP contribution >= 0.6 is 0 Å². The molecule has 11 heteroatoms. The van der Waals surface area contributed by atoms with Gasteiger partial charge in [0.1, 0.15) is 23.7 Å². The van der Waals surface area contributed by atoms with E-state index in [9.17, 15) is 29.1 Å². The highest BCUT2D eigenvalue weighted by atomic mass is 16.4. The number of hydrogen-bond acceptors (Lipinski definition) is 6. The molecule has 4 atom stereocenters. The van der Waals surface area contributed by atoms with Gasteiger partial charge in [0.2, 0.25) is 23.6 Å². The Labute approximate surface area is 256 Å². The summed E-state index contributed by atoms with van der Waals surface area (Å²) in [6.07, 6.45) is -0.421. The summed E-state index contributed by atoms with van der Waals surface area (Å²) in [6.45, 7) is 4.28. The summed E-state index contributed by atoms with van der Waals surface area (Å²) in [6, 6.07) is 24.1. The number of nitrogens with two attached hydrogens (primary N) is 1. The fraction of sp³-hybridized carbons (Fsp3) is 0.303. The van der Waals surface area contributed by atoms with E-state index < -0.39 is 59.3 Å². The Morgan fingerprint density at radius 1 is 0.659 bits per heavy atom. The van der Waals surface area contributed by atoms with Crippen molar-refractivity contribution in [3.63, 3.8) is 0 Å². The lowest BCUT2D eigenvalue weighted by Gasteiger charge is -2.37. The Kier molecular flexibility index (Phi) is 11.7. The average molecular weight is 602 g/mol. The monoisotopic (exact) mass is 601 g/mol. The number of carboxylic acid groups (broad SMARTS) is 1. The second kappa shape index (κ2) is 15.4. The predicted octanol–water partition coefficient (Wildman–Crippen LogP) is 1.80. The molecule has 0 unspecified atom stereocenters. The highest BCUT2D eigenvalue weighted by Crippen LogP contribution is 2.36. The van der Waals surface area contributed by atoms with E-state index in [1.54, 1.807) is 0 Å². The predicted molar refractivity (Wildman–Crippen MR) is 165 cm³/mol. The molecule has 44 heavy (non-hydrogen) atoms. The van der Waals surface area contributed by atoms with Gasteiger partial charge in [-0.05, 0) is 43.9 Å². The van der Waals surface area contributed by atoms with E-state index in [1.165, 1.54) is 20.8 Å². The van der Waals surface area contributed by atoms with Gasteiger partial charge in [-0.1, -0.05) is 91.0 Å². The van der Waals surface area contributed by atoms with Gasteiger partial charge in [0, 0.05) is 6.42 Å². The van der Waals surface area contributed by atoms with Gasteiger partial charge >= 0.3 is 5.97 Å². The van der Waals surface area contributed by atoms with Crippen molar-refractivity contribution in [1.82, 2.24) is 21.3 Å². The number of aliphatic carboxylic acids is 1. The number of carboxylic acids is 1. The lowest BCUT2D eigenvalue weighted by Crippen LogP contribution is -2.55. The molecule has 0 aliphatic carbocycles. The van der Waals surface area contributed by atoms with Gasteiger partial charge in [-0.3, -0.25) is 19.2 Å². The average Bonchev–Trinajstić information content (AvgIpc) is 3.02. The largest absolute Gasteiger partial charge is 0.480 e. The summed E-state index contributed by atoms with van der Waals surface area (Å²) >= 11 is 0. The number of carbonyl (C=O) groups is 5. The van der Waals surface area contributed by atoms with Crippen molar-refractivity contribution in [1.29, 1.82) is 0 Å². The van der Waals surface area contributed by atoms with E-state index in [0.29, 0.717) is 0 Å². The molecule has 7 N–H and O–H groups in total. The minimum atomic E-state index is -1.40. The molecule has 0 aromatic heterocycles. The van der Waals surface area contributed by atoms with Crippen LogP contribution in [-0.4, -0.2) is 58.9 Å². The minimum Gasteiger partial charge on any atom is -0.480 e. The summed E-state index contributed by atoms with van der Waals surface area (Å²) in [5.74, 6) is -3.70. The molecule has 0 aliphatic rings. The van der Waals surface area contributed by atoms with E-state index >= 15 is 0 Å². The molecule has 0 bridgehead atoms. The molecule has 0 heterocycles. The molecule has 0 radical (unpaired) electrons. The third-order valence-electron chi connectivity index (χ3n) is 7.14. The standard InChI is InChI=1S/C33H39N5O6/c1-21(34)29(40)35-22(2)30(41)36-23(3)31(42)37-27(32(43)44)19-20-28(39)38-33(24-13-7-4-8-14-24,25-15-9-5-10-16-25)26-17-11-6-12-18-26/h4-18,21-23,27H,19-20,34H2,1-3H3,(H,35,40)(H,36,41)(H,37,42)(H,38,39)(H,43,44)/t21-,22-,23-,27-/m0/s1. The van der Waals surface area contributed by atoms with Crippen LogP contribution in [0, 0.1) is 0 Å². The van der Waals surface area contributed by atoms with Gasteiger partial charge in [-0.15, -0.1) is 0 Å². The smallest absolute Gasteiger partial charge is 0.326 e. The van der Waals surface area contributed by atoms with Crippen LogP contribution in [0.25, 0.3) is 0 Å². The zero-order valence-corrected chi connectivity index (χ0v) is 24.9. The number of carbonyl (C=O) groups excluding carboxylic acids is 4. The molecule has 4 amide bonds. The number of amides is 4. The van der Waals surface area contributed by atoms with Gasteiger partial charge < -0.3 is 32.1 Å². The van der Waals surface area contributed by atoms with Crippen molar-refractivity contribution in [3.8, 4) is 0 Å². The quantitative estimate of drug-likeness (QED) is 0.152. The van der Waals surface area contributed by atoms with Crippen molar-refractivity contribution in [2.75, 3.05) is 0 Å². The number of rotatable bonds is 14. The summed E-state index contributed by atoms with van der Waals surface area (Å²) in [4.78, 5) is 62.6. The van der Waals surface area contributed by atoms with Crippen LogP contribution in [0.2, 0.25) is 0 Å². The van der Waals surface area contributed by atoms with Crippen LogP contribution in [-0.2, 0) is 29.5 Å². The Hall–Kier alpha value is -5.03. The lowest BCUT2D eigenvalue weighted by atomic mass is 9.77. The SMILES string of the molecule is C[C@H](N)C(=O)N[C@@H](C)C(=O)N[C@@H](C)C(=O)N[C@@H](CCC(=O)NC(c1ccccc1)(c1ccccc1)c1ccccc1)C(=O)O. The zero-order chi connectivity index (χ0) is 32.3. The molecule has 0 saturated carbocycles. The van der Waals surface area contributed by atoms with E-state index in [1.807, 2.05) is 91.0 Å². The third kappa shape index (κ3) is 8.51. The molecule has 3 aromatic rings. The summed E-state index contributed by atoms with van der Waals surface area (Å²) in [5, 5.41) is 20.2. The van der Waals surface area contributed by atoms with Crippen LogP contribution in [0.5, 0.6) is 0 Å². The third-order valence-corrected chi connectivity index (χ3v) is 7.14. The van der Waals surface area contributed by atoms with Crippen LogP contribution in [0.1, 0.15) is 50.3 Å². The number of benzene rings is 3. The van der Waals surface area contributed by atoms with E-state index in [0.717, 1.165) is 16.7 Å². The van der Waals surface area contributed by atoms with E-state index in [-0.39, 0.29) is 12.8 Å². The first-order valence-corrected chi connectivity index (χ1v) is 14.3. The fourth-order valence-electron chi connectivity index (χ4n) is 4.70. The molecular weight excluding hydrogens is 562 g/mol. The van der Waals surface area contributed by atoms with Gasteiger partial charge in [0.05, 0.1) is 6.04 Å². The van der Waals surface area contributed by atoms with E-state index in [2.05, 4.69) is 21.3 Å². The fourth-order valence-corrected chi connectivity index (χ4v) is 4.70. The Morgan fingerprint density at radius 3 is 1.43 bits per heavy atom. The van der Waals surface area contributed by atoms with E-state index in [4.69, 9.17) is 5.73 Å². The molecule has 0 saturated heterocycles. The minimum absolute atomic E-state index is 0.205. The maximum absolute atomic E-state index is 13.6. The zero-order valence-electron chi connectivity index (χ0n) is 24.9. The van der Waals surface area contributed by atoms with Crippen molar-refractivity contribution < 1.29 is 29.1 Å². The first-order valence-electron chi connectivity index (χ1n) is 14.3. The summed E-state index contributed by atoms with van der Waals surface area (Å²) in [7, 11) is 0. The van der Waals surface area contributed by atoms with Gasteiger partial charge in [0.25, 0.3) is 0 Å². The summed E-state index contributed by atoms with van der Waals surface area (Å²) < 4.78 is 0. The van der Waals surface area contributed by atoms with Crippen molar-refractivity contribution in [2.24, 2.45) is 5.73 Å². The highest BCUT2D eigenvalue weighted by Gasteiger charge is 2.38. The summed E-state index contributed by atoms with van der Waals surface area (Å²) in [5.41, 5.74) is 6.85. The van der Waals surface area contributed by atoms with Crippen LogP contribution in [0.3, 0.4) is 0 Å². The van der Waals surface area contributed by atoms with Crippen molar-refractivity contribution >= 4 is 29.6 Å². The second-order valence-electron chi connectivity index (χ2n) is 10.6. The van der Waals surface area contributed by atoms with Crippen molar-refractivity contribution in [2.45, 2.75) is 63.3 Å². The Bertz CT molecular complexity index is 1340. The Balaban J connectivity index is 1.74. The lowest BCUT2D eigenvalue weighted by molar-refractivity contribution is -0.142. The normalized spacial score (nSPS) is 13.8. The number of nitrogens with one attached hydrogen (secondary N) is 4. The van der Waals surface area contributed by atoms with Crippen LogP contribution in [0.4, 0.5) is 0 Å². The maximum atomic E-state index is 13.6. The molecule has 232 valence electrons. The van der Waals surface area contributed by atoms with Gasteiger partial charge in [-0.25, -0.2) is 4.79 Å². The topological polar surface area (TPSA) is 180 Å². The number of hydrogen-bond donors (Lipinski definition) is 6. The first kappa shape index (κ1) is 33.5. The molecule has 0 spiro atoms. The highest BCUT2D eigenvalue weighted by molar-refractivity contribution is 5.93. The Morgan fingerprint density at radius 2 is 1.05 bits per heavy atom. The molecule has 0 fully saturated rings. The van der Waals surface area contributed by atoms with Crippen LogP contribution < -0.4 is 27.0 Å². The second-order valence-corrected chi connectivity index (χ2v) is 10.6. The van der Waals surface area contributed by atoms with Gasteiger partial charge in [-0.2, -0.15) is 0 Å². The molecule has 3 rings (SSSR count). The molecular formula is C33H39N5O6. The van der Waals surface area contributed by atoms with Gasteiger partial charge in [0.15, 0.2) is 0 Å². The van der Waals surface area contributed by atoms with Crippen LogP contribution in [0.15, 0.2) is 91.0 Å². The van der Waals surface area contributed by atoms with Crippen molar-refractivity contribution in [3.05, 3.63) is 108 Å². The molecule has 3 aromatic carbocycles. The molecule has 0 aliphatic heterocycles. The first-order chi connectivity index (χ1) is 21.0. The maximum Gasteiger partial charge on any atom is 0.326 e. The molecule has 11 nitrogen and oxygen atoms in total.